The Labute approximate surface area is 138 Å². The van der Waals surface area contributed by atoms with Crippen molar-refractivity contribution >= 4 is 11.9 Å². The van der Waals surface area contributed by atoms with E-state index >= 15 is 0 Å². The van der Waals surface area contributed by atoms with Crippen LogP contribution >= 0.6 is 0 Å². The Morgan fingerprint density at radius 3 is 2.62 bits per heavy atom. The summed E-state index contributed by atoms with van der Waals surface area (Å²) in [4.78, 5) is 23.0. The molecule has 2 aromatic rings. The van der Waals surface area contributed by atoms with E-state index < -0.39 is 18.0 Å². The van der Waals surface area contributed by atoms with Crippen LogP contribution in [-0.4, -0.2) is 34.0 Å². The molecule has 0 N–H and O–H groups in total. The maximum atomic E-state index is 12.8. The number of nitrogens with zero attached hydrogens (tertiary/aromatic N) is 3. The van der Waals surface area contributed by atoms with Gasteiger partial charge in [-0.05, 0) is 31.0 Å². The van der Waals surface area contributed by atoms with Crippen molar-refractivity contribution in [2.75, 3.05) is 7.11 Å². The summed E-state index contributed by atoms with van der Waals surface area (Å²) >= 11 is 0. The summed E-state index contributed by atoms with van der Waals surface area (Å²) < 4.78 is 23.9. The molecule has 2 rings (SSSR count). The number of halogens is 1. The fourth-order valence-electron chi connectivity index (χ4n) is 1.99. The Bertz CT molecular complexity index is 700. The average molecular weight is 335 g/mol. The van der Waals surface area contributed by atoms with Crippen LogP contribution in [0.1, 0.15) is 30.7 Å². The molecule has 0 aliphatic carbocycles. The van der Waals surface area contributed by atoms with Crippen LogP contribution in [0.4, 0.5) is 4.39 Å². The van der Waals surface area contributed by atoms with E-state index in [4.69, 9.17) is 4.74 Å². The molecule has 0 saturated heterocycles. The topological polar surface area (TPSA) is 83.3 Å². The first-order chi connectivity index (χ1) is 11.5. The van der Waals surface area contributed by atoms with Gasteiger partial charge in [0.15, 0.2) is 0 Å². The molecule has 7 nitrogen and oxygen atoms in total. The molecular formula is C16H18FN3O4. The largest absolute Gasteiger partial charge is 0.468 e. The third kappa shape index (κ3) is 5.15. The van der Waals surface area contributed by atoms with E-state index in [0.717, 1.165) is 5.56 Å². The molecule has 1 atom stereocenters. The van der Waals surface area contributed by atoms with Crippen molar-refractivity contribution in [1.29, 1.82) is 0 Å². The summed E-state index contributed by atoms with van der Waals surface area (Å²) in [6, 6.07) is 5.96. The molecule has 0 saturated carbocycles. The number of carbonyl (C=O) groups excluding carboxylic acids is 2. The monoisotopic (exact) mass is 335 g/mol. The van der Waals surface area contributed by atoms with E-state index in [9.17, 15) is 14.0 Å². The SMILES string of the molecule is COC(=O)Cn1cc([C@@H](C)OC(=O)CCc2ccc(F)cc2)nn1. The number of esters is 2. The second-order valence-electron chi connectivity index (χ2n) is 5.18. The van der Waals surface area contributed by atoms with Gasteiger partial charge in [-0.1, -0.05) is 17.3 Å². The Balaban J connectivity index is 1.82. The number of carbonyl (C=O) groups is 2. The van der Waals surface area contributed by atoms with Gasteiger partial charge in [0, 0.05) is 6.42 Å². The normalized spacial score (nSPS) is 11.8. The minimum Gasteiger partial charge on any atom is -0.468 e. The first-order valence-electron chi connectivity index (χ1n) is 7.38. The number of hydrogen-bond donors (Lipinski definition) is 0. The van der Waals surface area contributed by atoms with Gasteiger partial charge in [0.1, 0.15) is 24.2 Å². The highest BCUT2D eigenvalue weighted by atomic mass is 19.1. The van der Waals surface area contributed by atoms with Crippen LogP contribution in [0.15, 0.2) is 30.5 Å². The quantitative estimate of drug-likeness (QED) is 0.718. The van der Waals surface area contributed by atoms with Crippen LogP contribution in [0.5, 0.6) is 0 Å². The molecule has 1 heterocycles. The van der Waals surface area contributed by atoms with Gasteiger partial charge in [0.05, 0.1) is 13.3 Å². The molecular weight excluding hydrogens is 317 g/mol. The standard InChI is InChI=1S/C16H18FN3O4/c1-11(14-9-20(19-18-14)10-16(22)23-2)24-15(21)8-5-12-3-6-13(17)7-4-12/h3-4,6-7,9,11H,5,8,10H2,1-2H3/t11-/m1/s1. The molecule has 0 aliphatic rings. The lowest BCUT2D eigenvalue weighted by Gasteiger charge is -2.10. The number of rotatable bonds is 7. The predicted octanol–water partition coefficient (Wildman–Crippen LogP) is 1.83. The van der Waals surface area contributed by atoms with Crippen molar-refractivity contribution in [1.82, 2.24) is 15.0 Å². The Kier molecular flexibility index (Phi) is 6.00. The number of aryl methyl sites for hydroxylation is 1. The lowest BCUT2D eigenvalue weighted by atomic mass is 10.1. The summed E-state index contributed by atoms with van der Waals surface area (Å²) in [5.41, 5.74) is 1.29. The first kappa shape index (κ1) is 17.6. The highest BCUT2D eigenvalue weighted by molar-refractivity contribution is 5.70. The average Bonchev–Trinajstić information content (AvgIpc) is 3.02. The van der Waals surface area contributed by atoms with Crippen molar-refractivity contribution in [3.8, 4) is 0 Å². The smallest absolute Gasteiger partial charge is 0.327 e. The molecule has 0 fully saturated rings. The highest BCUT2D eigenvalue weighted by Gasteiger charge is 2.16. The van der Waals surface area contributed by atoms with E-state index in [0.29, 0.717) is 12.1 Å². The van der Waals surface area contributed by atoms with Gasteiger partial charge in [0.25, 0.3) is 0 Å². The van der Waals surface area contributed by atoms with Crippen molar-refractivity contribution < 1.29 is 23.5 Å². The highest BCUT2D eigenvalue weighted by Crippen LogP contribution is 2.15. The first-order valence-corrected chi connectivity index (χ1v) is 7.38. The maximum absolute atomic E-state index is 12.8. The second kappa shape index (κ2) is 8.19. The van der Waals surface area contributed by atoms with E-state index in [1.807, 2.05) is 0 Å². The van der Waals surface area contributed by atoms with Crippen molar-refractivity contribution in [2.24, 2.45) is 0 Å². The lowest BCUT2D eigenvalue weighted by Crippen LogP contribution is -2.12. The van der Waals surface area contributed by atoms with Crippen LogP contribution < -0.4 is 0 Å². The van der Waals surface area contributed by atoms with Gasteiger partial charge in [-0.15, -0.1) is 5.10 Å². The maximum Gasteiger partial charge on any atom is 0.327 e. The molecule has 0 amide bonds. The second-order valence-corrected chi connectivity index (χ2v) is 5.18. The number of aromatic nitrogens is 3. The van der Waals surface area contributed by atoms with Crippen LogP contribution in [0.3, 0.4) is 0 Å². The van der Waals surface area contributed by atoms with Crippen molar-refractivity contribution in [2.45, 2.75) is 32.4 Å². The summed E-state index contributed by atoms with van der Waals surface area (Å²) in [5, 5.41) is 7.64. The summed E-state index contributed by atoms with van der Waals surface area (Å²) in [5.74, 6) is -1.16. The van der Waals surface area contributed by atoms with Crippen LogP contribution in [0.2, 0.25) is 0 Å². The third-order valence-electron chi connectivity index (χ3n) is 3.33. The van der Waals surface area contributed by atoms with Gasteiger partial charge in [-0.2, -0.15) is 0 Å². The molecule has 1 aromatic carbocycles. The minimum absolute atomic E-state index is 0.0608. The van der Waals surface area contributed by atoms with E-state index in [1.54, 1.807) is 19.1 Å². The molecule has 128 valence electrons. The van der Waals surface area contributed by atoms with Gasteiger partial charge >= 0.3 is 11.9 Å². The van der Waals surface area contributed by atoms with Crippen molar-refractivity contribution in [3.05, 3.63) is 47.5 Å². The number of methoxy groups -OCH3 is 1. The molecule has 0 radical (unpaired) electrons. The Morgan fingerprint density at radius 2 is 1.96 bits per heavy atom. The lowest BCUT2D eigenvalue weighted by molar-refractivity contribution is -0.148. The number of benzene rings is 1. The molecule has 0 bridgehead atoms. The number of hydrogen-bond acceptors (Lipinski definition) is 6. The van der Waals surface area contributed by atoms with Crippen LogP contribution in [0, 0.1) is 5.82 Å². The molecule has 24 heavy (non-hydrogen) atoms. The molecule has 8 heteroatoms. The number of ether oxygens (including phenoxy) is 2. The Morgan fingerprint density at radius 1 is 1.25 bits per heavy atom. The van der Waals surface area contributed by atoms with Gasteiger partial charge in [-0.25, -0.2) is 9.07 Å². The van der Waals surface area contributed by atoms with Crippen LogP contribution in [-0.2, 0) is 32.0 Å². The Hall–Kier alpha value is -2.77. The van der Waals surface area contributed by atoms with E-state index in [1.165, 1.54) is 30.1 Å². The van der Waals surface area contributed by atoms with Gasteiger partial charge in [0.2, 0.25) is 0 Å². The van der Waals surface area contributed by atoms with Gasteiger partial charge < -0.3 is 9.47 Å². The zero-order chi connectivity index (χ0) is 17.5. The zero-order valence-corrected chi connectivity index (χ0v) is 13.4. The molecule has 0 spiro atoms. The van der Waals surface area contributed by atoms with Gasteiger partial charge in [-0.3, -0.25) is 9.59 Å². The predicted molar refractivity (Wildman–Crippen MR) is 81.3 cm³/mol. The van der Waals surface area contributed by atoms with E-state index in [2.05, 4.69) is 15.0 Å². The molecule has 0 aliphatic heterocycles. The zero-order valence-electron chi connectivity index (χ0n) is 13.4. The van der Waals surface area contributed by atoms with Crippen molar-refractivity contribution in [3.63, 3.8) is 0 Å². The molecule has 1 aromatic heterocycles. The fourth-order valence-corrected chi connectivity index (χ4v) is 1.99. The van der Waals surface area contributed by atoms with Crippen LogP contribution in [0.25, 0.3) is 0 Å². The summed E-state index contributed by atoms with van der Waals surface area (Å²) in [6.07, 6.45) is 1.57. The third-order valence-corrected chi connectivity index (χ3v) is 3.33. The molecule has 0 unspecified atom stereocenters. The summed E-state index contributed by atoms with van der Waals surface area (Å²) in [6.45, 7) is 1.61. The fraction of sp³-hybridized carbons (Fsp3) is 0.375. The summed E-state index contributed by atoms with van der Waals surface area (Å²) in [7, 11) is 1.28. The minimum atomic E-state index is -0.586. The van der Waals surface area contributed by atoms with E-state index in [-0.39, 0.29) is 18.8 Å².